The minimum absolute atomic E-state index is 0.0132. The highest BCUT2D eigenvalue weighted by Crippen LogP contribution is 2.35. The van der Waals surface area contributed by atoms with E-state index >= 15 is 0 Å². The molecular weight excluding hydrogens is 417 g/mol. The smallest absolute Gasteiger partial charge is 0.262 e. The van der Waals surface area contributed by atoms with Crippen LogP contribution >= 0.6 is 11.3 Å². The third kappa shape index (κ3) is 4.70. The van der Waals surface area contributed by atoms with Gasteiger partial charge in [-0.3, -0.25) is 9.59 Å². The van der Waals surface area contributed by atoms with Crippen molar-refractivity contribution in [3.05, 3.63) is 58.0 Å². The van der Waals surface area contributed by atoms with Gasteiger partial charge in [-0.1, -0.05) is 30.7 Å². The number of benzene rings is 1. The van der Waals surface area contributed by atoms with E-state index in [0.29, 0.717) is 25.1 Å². The van der Waals surface area contributed by atoms with Gasteiger partial charge in [0.2, 0.25) is 5.91 Å². The van der Waals surface area contributed by atoms with Crippen LogP contribution in [0.25, 0.3) is 0 Å². The molecule has 1 fully saturated rings. The Morgan fingerprint density at radius 3 is 2.71 bits per heavy atom. The van der Waals surface area contributed by atoms with Crippen LogP contribution in [0, 0.1) is 11.7 Å². The van der Waals surface area contributed by atoms with Crippen molar-refractivity contribution in [2.45, 2.75) is 31.7 Å². The van der Waals surface area contributed by atoms with E-state index in [0.717, 1.165) is 29.9 Å². The topological polar surface area (TPSA) is 62.2 Å². The van der Waals surface area contributed by atoms with Crippen molar-refractivity contribution < 1.29 is 18.7 Å². The van der Waals surface area contributed by atoms with Gasteiger partial charge in [0.25, 0.3) is 5.91 Å². The van der Waals surface area contributed by atoms with Crippen LogP contribution in [0.3, 0.4) is 0 Å². The molecule has 2 aromatic rings. The van der Waals surface area contributed by atoms with Crippen LogP contribution in [0.15, 0.2) is 46.9 Å². The number of hydrazone groups is 1. The normalized spacial score (nSPS) is 18.6. The van der Waals surface area contributed by atoms with Gasteiger partial charge in [0.1, 0.15) is 12.4 Å². The zero-order chi connectivity index (χ0) is 21.8. The lowest BCUT2D eigenvalue weighted by Crippen LogP contribution is -2.46. The van der Waals surface area contributed by atoms with Crippen molar-refractivity contribution in [2.24, 2.45) is 11.0 Å². The van der Waals surface area contributed by atoms with E-state index < -0.39 is 6.04 Å². The van der Waals surface area contributed by atoms with Crippen molar-refractivity contribution >= 4 is 28.9 Å². The number of thiophene rings is 1. The third-order valence-corrected chi connectivity index (χ3v) is 6.81. The first-order valence-electron chi connectivity index (χ1n) is 10.5. The molecule has 1 aromatic heterocycles. The second kappa shape index (κ2) is 9.70. The summed E-state index contributed by atoms with van der Waals surface area (Å²) < 4.78 is 19.7. The predicted molar refractivity (Wildman–Crippen MR) is 117 cm³/mol. The third-order valence-electron chi connectivity index (χ3n) is 5.89. The summed E-state index contributed by atoms with van der Waals surface area (Å²) in [6.45, 7) is 0.605. The summed E-state index contributed by atoms with van der Waals surface area (Å²) in [6.07, 6.45) is 3.19. The number of nitrogens with zero attached hydrogens (tertiary/aromatic N) is 3. The van der Waals surface area contributed by atoms with Gasteiger partial charge in [-0.2, -0.15) is 5.10 Å². The summed E-state index contributed by atoms with van der Waals surface area (Å²) in [5.74, 6) is -0.713. The maximum absolute atomic E-state index is 14.6. The Morgan fingerprint density at radius 1 is 1.26 bits per heavy atom. The Labute approximate surface area is 185 Å². The Hall–Kier alpha value is -2.58. The Morgan fingerprint density at radius 2 is 2.06 bits per heavy atom. The average molecular weight is 444 g/mol. The van der Waals surface area contributed by atoms with Crippen LogP contribution in [-0.4, -0.2) is 54.2 Å². The molecule has 4 rings (SSSR count). The molecule has 6 nitrogen and oxygen atoms in total. The molecule has 1 saturated carbocycles. The fourth-order valence-electron chi connectivity index (χ4n) is 3.94. The number of hydrogen-bond acceptors (Lipinski definition) is 5. The first-order valence-corrected chi connectivity index (χ1v) is 11.4. The Kier molecular flexibility index (Phi) is 6.77. The number of rotatable bonds is 8. The number of carbonyl (C=O) groups excluding carboxylic acids is 2. The lowest BCUT2D eigenvalue weighted by atomic mass is 9.84. The molecule has 1 aliphatic heterocycles. The molecular formula is C23H26FN3O3S. The van der Waals surface area contributed by atoms with Crippen LogP contribution in [-0.2, 0) is 14.3 Å². The second-order valence-electron chi connectivity index (χ2n) is 7.88. The molecule has 0 spiro atoms. The monoisotopic (exact) mass is 443 g/mol. The van der Waals surface area contributed by atoms with Crippen molar-refractivity contribution in [1.82, 2.24) is 9.91 Å². The highest BCUT2D eigenvalue weighted by Gasteiger charge is 2.37. The summed E-state index contributed by atoms with van der Waals surface area (Å²) in [7, 11) is 1.57. The van der Waals surface area contributed by atoms with E-state index in [1.54, 1.807) is 30.2 Å². The quantitative estimate of drug-likeness (QED) is 0.623. The fraction of sp³-hybridized carbons (Fsp3) is 0.435. The minimum atomic E-state index is -0.533. The summed E-state index contributed by atoms with van der Waals surface area (Å²) in [5, 5.41) is 7.89. The lowest BCUT2D eigenvalue weighted by molar-refractivity contribution is -0.146. The van der Waals surface area contributed by atoms with Gasteiger partial charge in [-0.15, -0.1) is 11.3 Å². The van der Waals surface area contributed by atoms with Gasteiger partial charge in [-0.25, -0.2) is 9.40 Å². The molecule has 1 aromatic carbocycles. The minimum Gasteiger partial charge on any atom is -0.383 e. The average Bonchev–Trinajstić information content (AvgIpc) is 3.39. The summed E-state index contributed by atoms with van der Waals surface area (Å²) >= 11 is 1.54. The summed E-state index contributed by atoms with van der Waals surface area (Å²) in [5.41, 5.74) is 1.19. The SMILES string of the molecule is COCCN(CC(=O)N1N=C(c2cccs2)CC1c1ccccc1F)C(=O)C1CCC1. The number of carbonyl (C=O) groups is 2. The summed E-state index contributed by atoms with van der Waals surface area (Å²) in [4.78, 5) is 28.7. The molecule has 2 aliphatic rings. The molecule has 31 heavy (non-hydrogen) atoms. The largest absolute Gasteiger partial charge is 0.383 e. The number of ether oxygens (including phenoxy) is 1. The molecule has 0 N–H and O–H groups in total. The number of amides is 2. The van der Waals surface area contributed by atoms with Gasteiger partial charge in [-0.05, 0) is 30.4 Å². The molecule has 0 radical (unpaired) electrons. The zero-order valence-corrected chi connectivity index (χ0v) is 18.3. The van der Waals surface area contributed by atoms with E-state index in [9.17, 15) is 14.0 Å². The van der Waals surface area contributed by atoms with Crippen molar-refractivity contribution in [3.8, 4) is 0 Å². The van der Waals surface area contributed by atoms with Crippen molar-refractivity contribution in [3.63, 3.8) is 0 Å². The van der Waals surface area contributed by atoms with Crippen LogP contribution in [0.2, 0.25) is 0 Å². The molecule has 0 saturated heterocycles. The fourth-order valence-corrected chi connectivity index (χ4v) is 4.66. The highest BCUT2D eigenvalue weighted by atomic mass is 32.1. The maximum atomic E-state index is 14.6. The van der Waals surface area contributed by atoms with Gasteiger partial charge >= 0.3 is 0 Å². The number of hydrogen-bond donors (Lipinski definition) is 0. The van der Waals surface area contributed by atoms with E-state index in [1.807, 2.05) is 17.5 Å². The van der Waals surface area contributed by atoms with Gasteiger partial charge < -0.3 is 9.64 Å². The molecule has 2 amide bonds. The van der Waals surface area contributed by atoms with Crippen LogP contribution in [0.4, 0.5) is 4.39 Å². The molecule has 0 bridgehead atoms. The Bertz CT molecular complexity index is 959. The maximum Gasteiger partial charge on any atom is 0.262 e. The molecule has 1 aliphatic carbocycles. The first kappa shape index (κ1) is 21.6. The van der Waals surface area contributed by atoms with E-state index in [-0.39, 0.29) is 30.1 Å². The van der Waals surface area contributed by atoms with Gasteiger partial charge in [0.15, 0.2) is 0 Å². The van der Waals surface area contributed by atoms with E-state index in [4.69, 9.17) is 4.74 Å². The Balaban J connectivity index is 1.58. The van der Waals surface area contributed by atoms with Crippen LogP contribution in [0.5, 0.6) is 0 Å². The van der Waals surface area contributed by atoms with E-state index in [2.05, 4.69) is 5.10 Å². The summed E-state index contributed by atoms with van der Waals surface area (Å²) in [6, 6.07) is 9.81. The van der Waals surface area contributed by atoms with Crippen LogP contribution < -0.4 is 0 Å². The molecule has 164 valence electrons. The molecule has 2 heterocycles. The first-order chi connectivity index (χ1) is 15.1. The molecule has 1 atom stereocenters. The molecule has 1 unspecified atom stereocenters. The van der Waals surface area contributed by atoms with Crippen LogP contribution in [0.1, 0.15) is 42.2 Å². The van der Waals surface area contributed by atoms with E-state index in [1.165, 1.54) is 22.4 Å². The molecule has 8 heteroatoms. The number of halogens is 1. The van der Waals surface area contributed by atoms with Crippen molar-refractivity contribution in [1.29, 1.82) is 0 Å². The standard InChI is InChI=1S/C23H26FN3O3S/c1-30-12-11-26(23(29)16-6-4-7-16)15-22(28)27-20(17-8-2-3-9-18(17)24)14-19(25-27)21-10-5-13-31-21/h2-3,5,8-10,13,16,20H,4,6-7,11-12,14-15H2,1H3. The van der Waals surface area contributed by atoms with Gasteiger partial charge in [0.05, 0.1) is 23.2 Å². The zero-order valence-electron chi connectivity index (χ0n) is 17.5. The second-order valence-corrected chi connectivity index (χ2v) is 8.83. The number of methoxy groups -OCH3 is 1. The predicted octanol–water partition coefficient (Wildman–Crippen LogP) is 3.84. The van der Waals surface area contributed by atoms with Gasteiger partial charge in [0, 0.05) is 31.6 Å². The lowest BCUT2D eigenvalue weighted by Gasteiger charge is -2.32. The highest BCUT2D eigenvalue weighted by molar-refractivity contribution is 7.12. The van der Waals surface area contributed by atoms with Crippen molar-refractivity contribution in [2.75, 3.05) is 26.8 Å².